The second-order valence-corrected chi connectivity index (χ2v) is 4.86. The molecule has 2 rings (SSSR count). The number of nitrogens with one attached hydrogen (secondary N) is 2. The van der Waals surface area contributed by atoms with Crippen LogP contribution in [-0.4, -0.2) is 16.0 Å². The van der Waals surface area contributed by atoms with Gasteiger partial charge in [0.2, 0.25) is 0 Å². The molecule has 3 nitrogen and oxygen atoms in total. The molecule has 1 aliphatic rings. The summed E-state index contributed by atoms with van der Waals surface area (Å²) in [7, 11) is 0. The molecule has 0 saturated heterocycles. The van der Waals surface area contributed by atoms with E-state index in [0.29, 0.717) is 6.04 Å². The van der Waals surface area contributed by atoms with E-state index in [1.165, 1.54) is 38.5 Å². The van der Waals surface area contributed by atoms with Gasteiger partial charge in [0.1, 0.15) is 5.82 Å². The largest absolute Gasteiger partial charge is 0.348 e. The van der Waals surface area contributed by atoms with Crippen molar-refractivity contribution in [1.29, 1.82) is 0 Å². The third-order valence-corrected chi connectivity index (χ3v) is 3.66. The van der Waals surface area contributed by atoms with Crippen molar-refractivity contribution in [3.63, 3.8) is 0 Å². The molecule has 3 heteroatoms. The maximum absolute atomic E-state index is 4.25. The van der Waals surface area contributed by atoms with Crippen LogP contribution < -0.4 is 5.32 Å². The normalized spacial score (nSPS) is 25.8. The first-order valence-electron chi connectivity index (χ1n) is 6.61. The zero-order chi connectivity index (χ0) is 11.2. The first kappa shape index (κ1) is 11.6. The van der Waals surface area contributed by atoms with Crippen LogP contribution in [-0.2, 0) is 6.54 Å². The molecule has 1 saturated carbocycles. The Morgan fingerprint density at radius 1 is 1.44 bits per heavy atom. The van der Waals surface area contributed by atoms with E-state index in [9.17, 15) is 0 Å². The van der Waals surface area contributed by atoms with Gasteiger partial charge >= 0.3 is 0 Å². The minimum absolute atomic E-state index is 0.707. The molecule has 1 aliphatic carbocycles. The van der Waals surface area contributed by atoms with Crippen LogP contribution in [0.2, 0.25) is 0 Å². The van der Waals surface area contributed by atoms with Crippen LogP contribution in [0.5, 0.6) is 0 Å². The number of rotatable bonds is 5. The molecule has 0 amide bonds. The summed E-state index contributed by atoms with van der Waals surface area (Å²) >= 11 is 0. The molecular formula is C13H23N3. The molecule has 0 radical (unpaired) electrons. The number of nitrogens with zero attached hydrogens (tertiary/aromatic N) is 1. The van der Waals surface area contributed by atoms with E-state index in [0.717, 1.165) is 18.3 Å². The molecule has 0 aliphatic heterocycles. The molecule has 2 unspecified atom stereocenters. The first-order chi connectivity index (χ1) is 7.90. The summed E-state index contributed by atoms with van der Waals surface area (Å²) in [4.78, 5) is 7.40. The molecule has 0 aromatic carbocycles. The number of H-pyrrole nitrogens is 1. The lowest BCUT2D eigenvalue weighted by molar-refractivity contribution is 0.245. The molecule has 1 heterocycles. The van der Waals surface area contributed by atoms with E-state index in [-0.39, 0.29) is 0 Å². The van der Waals surface area contributed by atoms with Crippen LogP contribution >= 0.6 is 0 Å². The average Bonchev–Trinajstić information content (AvgIpc) is 2.81. The fourth-order valence-electron chi connectivity index (χ4n) is 2.82. The van der Waals surface area contributed by atoms with Crippen molar-refractivity contribution >= 4 is 0 Å². The van der Waals surface area contributed by atoms with E-state index in [1.54, 1.807) is 0 Å². The standard InChI is InChI=1S/C13H23N3/c1-2-5-11-6-3-4-7-12(11)16-10-13-14-8-9-15-13/h8-9,11-12,16H,2-7,10H2,1H3,(H,14,15). The quantitative estimate of drug-likeness (QED) is 0.802. The van der Waals surface area contributed by atoms with Crippen LogP contribution in [0, 0.1) is 5.92 Å². The van der Waals surface area contributed by atoms with Crippen LogP contribution in [0.15, 0.2) is 12.4 Å². The Bertz CT molecular complexity index is 279. The van der Waals surface area contributed by atoms with Crippen LogP contribution in [0.4, 0.5) is 0 Å². The van der Waals surface area contributed by atoms with Gasteiger partial charge in [-0.1, -0.05) is 26.2 Å². The molecule has 16 heavy (non-hydrogen) atoms. The Morgan fingerprint density at radius 3 is 3.06 bits per heavy atom. The number of aromatic nitrogens is 2. The second-order valence-electron chi connectivity index (χ2n) is 4.86. The molecular weight excluding hydrogens is 198 g/mol. The van der Waals surface area contributed by atoms with Crippen LogP contribution in [0.25, 0.3) is 0 Å². The topological polar surface area (TPSA) is 40.7 Å². The van der Waals surface area contributed by atoms with Gasteiger partial charge in [0.15, 0.2) is 0 Å². The van der Waals surface area contributed by atoms with Crippen LogP contribution in [0.1, 0.15) is 51.3 Å². The van der Waals surface area contributed by atoms with Gasteiger partial charge in [-0.3, -0.25) is 0 Å². The number of hydrogen-bond acceptors (Lipinski definition) is 2. The zero-order valence-corrected chi connectivity index (χ0v) is 10.2. The first-order valence-corrected chi connectivity index (χ1v) is 6.61. The van der Waals surface area contributed by atoms with E-state index < -0.39 is 0 Å². The lowest BCUT2D eigenvalue weighted by atomic mass is 9.82. The smallest absolute Gasteiger partial charge is 0.120 e. The molecule has 0 spiro atoms. The number of imidazole rings is 1. The van der Waals surface area contributed by atoms with Crippen molar-refractivity contribution in [3.05, 3.63) is 18.2 Å². The summed E-state index contributed by atoms with van der Waals surface area (Å²) in [5.74, 6) is 1.94. The highest BCUT2D eigenvalue weighted by Crippen LogP contribution is 2.28. The summed E-state index contributed by atoms with van der Waals surface area (Å²) in [6.45, 7) is 3.18. The van der Waals surface area contributed by atoms with E-state index >= 15 is 0 Å². The lowest BCUT2D eigenvalue weighted by Crippen LogP contribution is -2.38. The highest BCUT2D eigenvalue weighted by atomic mass is 15.0. The summed E-state index contributed by atoms with van der Waals surface area (Å²) < 4.78 is 0. The Hall–Kier alpha value is -0.830. The Morgan fingerprint density at radius 2 is 2.31 bits per heavy atom. The second kappa shape index (κ2) is 6.04. The number of aromatic amines is 1. The predicted molar refractivity (Wildman–Crippen MR) is 66.1 cm³/mol. The van der Waals surface area contributed by atoms with Gasteiger partial charge in [0.05, 0.1) is 6.54 Å². The van der Waals surface area contributed by atoms with Crippen molar-refractivity contribution in [2.75, 3.05) is 0 Å². The molecule has 2 N–H and O–H groups in total. The fraction of sp³-hybridized carbons (Fsp3) is 0.769. The molecule has 1 aromatic rings. The maximum atomic E-state index is 4.25. The summed E-state index contributed by atoms with van der Waals surface area (Å²) in [5, 5.41) is 3.67. The van der Waals surface area contributed by atoms with Gasteiger partial charge in [0, 0.05) is 18.4 Å². The summed E-state index contributed by atoms with van der Waals surface area (Å²) in [5.41, 5.74) is 0. The highest BCUT2D eigenvalue weighted by Gasteiger charge is 2.23. The lowest BCUT2D eigenvalue weighted by Gasteiger charge is -2.32. The van der Waals surface area contributed by atoms with Gasteiger partial charge in [-0.25, -0.2) is 4.98 Å². The van der Waals surface area contributed by atoms with Gasteiger partial charge < -0.3 is 10.3 Å². The number of hydrogen-bond donors (Lipinski definition) is 2. The molecule has 90 valence electrons. The van der Waals surface area contributed by atoms with Crippen molar-refractivity contribution in [2.45, 2.75) is 58.0 Å². The van der Waals surface area contributed by atoms with Gasteiger partial charge in [-0.05, 0) is 25.2 Å². The SMILES string of the molecule is CCCC1CCCCC1NCc1ncc[nH]1. The molecule has 2 atom stereocenters. The molecule has 1 aromatic heterocycles. The van der Waals surface area contributed by atoms with Gasteiger partial charge in [-0.15, -0.1) is 0 Å². The van der Waals surface area contributed by atoms with Crippen molar-refractivity contribution in [1.82, 2.24) is 15.3 Å². The third-order valence-electron chi connectivity index (χ3n) is 3.66. The van der Waals surface area contributed by atoms with Crippen LogP contribution in [0.3, 0.4) is 0 Å². The van der Waals surface area contributed by atoms with E-state index in [4.69, 9.17) is 0 Å². The molecule has 1 fully saturated rings. The van der Waals surface area contributed by atoms with Gasteiger partial charge in [-0.2, -0.15) is 0 Å². The summed E-state index contributed by atoms with van der Waals surface area (Å²) in [6, 6.07) is 0.707. The predicted octanol–water partition coefficient (Wildman–Crippen LogP) is 2.86. The minimum Gasteiger partial charge on any atom is -0.348 e. The van der Waals surface area contributed by atoms with Gasteiger partial charge in [0.25, 0.3) is 0 Å². The fourth-order valence-corrected chi connectivity index (χ4v) is 2.82. The van der Waals surface area contributed by atoms with E-state index in [1.807, 2.05) is 12.4 Å². The minimum atomic E-state index is 0.707. The highest BCUT2D eigenvalue weighted by molar-refractivity contribution is 4.88. The average molecular weight is 221 g/mol. The zero-order valence-electron chi connectivity index (χ0n) is 10.2. The third kappa shape index (κ3) is 3.08. The van der Waals surface area contributed by atoms with E-state index in [2.05, 4.69) is 22.2 Å². The molecule has 0 bridgehead atoms. The summed E-state index contributed by atoms with van der Waals surface area (Å²) in [6.07, 6.45) is 11.9. The monoisotopic (exact) mass is 221 g/mol. The van der Waals surface area contributed by atoms with Crippen molar-refractivity contribution < 1.29 is 0 Å². The van der Waals surface area contributed by atoms with Crippen molar-refractivity contribution in [3.8, 4) is 0 Å². The maximum Gasteiger partial charge on any atom is 0.120 e. The Balaban J connectivity index is 1.81. The Labute approximate surface area is 98.1 Å². The Kier molecular flexibility index (Phi) is 4.40. The van der Waals surface area contributed by atoms with Crippen molar-refractivity contribution in [2.24, 2.45) is 5.92 Å².